The van der Waals surface area contributed by atoms with Gasteiger partial charge in [0.15, 0.2) is 9.84 Å². The molecule has 1 rings (SSSR count). The van der Waals surface area contributed by atoms with Gasteiger partial charge < -0.3 is 4.90 Å². The average molecular weight is 315 g/mol. The first kappa shape index (κ1) is 17.6. The van der Waals surface area contributed by atoms with Crippen LogP contribution >= 0.6 is 0 Å². The van der Waals surface area contributed by atoms with Crippen molar-refractivity contribution in [1.82, 2.24) is 4.90 Å². The summed E-state index contributed by atoms with van der Waals surface area (Å²) in [7, 11) is -1.49. The van der Waals surface area contributed by atoms with E-state index in [1.807, 2.05) is 0 Å². The van der Waals surface area contributed by atoms with Gasteiger partial charge in [-0.05, 0) is 31.0 Å². The summed E-state index contributed by atoms with van der Waals surface area (Å²) in [6.07, 6.45) is 0.787. The Kier molecular flexibility index (Phi) is 6.33. The van der Waals surface area contributed by atoms with Crippen LogP contribution in [0.4, 0.5) is 4.39 Å². The van der Waals surface area contributed by atoms with Gasteiger partial charge in [-0.2, -0.15) is 0 Å². The van der Waals surface area contributed by atoms with Crippen molar-refractivity contribution in [3.63, 3.8) is 0 Å². The summed E-state index contributed by atoms with van der Waals surface area (Å²) in [6.45, 7) is 3.32. The van der Waals surface area contributed by atoms with Crippen molar-refractivity contribution in [2.24, 2.45) is 0 Å². The standard InChI is InChI=1S/C15H22FNO3S/c1-4-21(19,20)11-12(2)17(3)15(18)10-7-13-5-8-14(16)9-6-13/h5-6,8-9,12H,4,7,10-11H2,1-3H3/t12-/m0/s1. The number of amides is 1. The highest BCUT2D eigenvalue weighted by molar-refractivity contribution is 7.91. The second-order valence-electron chi connectivity index (χ2n) is 5.18. The van der Waals surface area contributed by atoms with Crippen LogP contribution in [0.25, 0.3) is 0 Å². The summed E-state index contributed by atoms with van der Waals surface area (Å²) in [6, 6.07) is 5.66. The van der Waals surface area contributed by atoms with Crippen molar-refractivity contribution >= 4 is 15.7 Å². The zero-order chi connectivity index (χ0) is 16.0. The smallest absolute Gasteiger partial charge is 0.222 e. The maximum atomic E-state index is 12.8. The fourth-order valence-corrected chi connectivity index (χ4v) is 3.12. The number of sulfone groups is 1. The zero-order valence-corrected chi connectivity index (χ0v) is 13.5. The molecule has 0 heterocycles. The van der Waals surface area contributed by atoms with Crippen molar-refractivity contribution in [3.8, 4) is 0 Å². The van der Waals surface area contributed by atoms with E-state index in [1.54, 1.807) is 33.0 Å². The lowest BCUT2D eigenvalue weighted by atomic mass is 10.1. The number of benzene rings is 1. The van der Waals surface area contributed by atoms with Gasteiger partial charge in [0.2, 0.25) is 5.91 Å². The van der Waals surface area contributed by atoms with Gasteiger partial charge in [0, 0.05) is 25.3 Å². The van der Waals surface area contributed by atoms with Gasteiger partial charge in [-0.25, -0.2) is 12.8 Å². The van der Waals surface area contributed by atoms with Gasteiger partial charge in [-0.3, -0.25) is 4.79 Å². The maximum Gasteiger partial charge on any atom is 0.222 e. The highest BCUT2D eigenvalue weighted by Crippen LogP contribution is 2.09. The summed E-state index contributed by atoms with van der Waals surface area (Å²) in [4.78, 5) is 13.5. The molecule has 0 spiro atoms. The molecule has 0 aliphatic heterocycles. The second-order valence-corrected chi connectivity index (χ2v) is 7.58. The highest BCUT2D eigenvalue weighted by Gasteiger charge is 2.20. The van der Waals surface area contributed by atoms with Gasteiger partial charge >= 0.3 is 0 Å². The lowest BCUT2D eigenvalue weighted by molar-refractivity contribution is -0.131. The molecule has 1 atom stereocenters. The molecule has 0 aliphatic carbocycles. The van der Waals surface area contributed by atoms with Crippen molar-refractivity contribution in [1.29, 1.82) is 0 Å². The lowest BCUT2D eigenvalue weighted by Gasteiger charge is -2.24. The molecule has 0 aliphatic rings. The van der Waals surface area contributed by atoms with E-state index in [9.17, 15) is 17.6 Å². The average Bonchev–Trinajstić information content (AvgIpc) is 2.45. The van der Waals surface area contributed by atoms with E-state index in [2.05, 4.69) is 0 Å². The van der Waals surface area contributed by atoms with E-state index in [4.69, 9.17) is 0 Å². The molecule has 118 valence electrons. The first-order chi connectivity index (χ1) is 9.75. The molecule has 0 bridgehead atoms. The third kappa shape index (κ3) is 5.83. The minimum Gasteiger partial charge on any atom is -0.342 e. The van der Waals surface area contributed by atoms with Crippen LogP contribution in [0.15, 0.2) is 24.3 Å². The normalized spacial score (nSPS) is 13.0. The molecule has 4 nitrogen and oxygen atoms in total. The van der Waals surface area contributed by atoms with Crippen LogP contribution in [0.1, 0.15) is 25.8 Å². The first-order valence-corrected chi connectivity index (χ1v) is 8.78. The minimum atomic E-state index is -3.10. The van der Waals surface area contributed by atoms with Crippen molar-refractivity contribution in [3.05, 3.63) is 35.6 Å². The van der Waals surface area contributed by atoms with Crippen molar-refractivity contribution in [2.45, 2.75) is 32.7 Å². The topological polar surface area (TPSA) is 54.5 Å². The minimum absolute atomic E-state index is 0.0255. The van der Waals surface area contributed by atoms with Gasteiger partial charge in [-0.1, -0.05) is 19.1 Å². The van der Waals surface area contributed by atoms with Gasteiger partial charge in [0.1, 0.15) is 5.82 Å². The molecule has 0 saturated heterocycles. The Morgan fingerprint density at radius 1 is 1.29 bits per heavy atom. The molecular weight excluding hydrogens is 293 g/mol. The molecule has 0 unspecified atom stereocenters. The fourth-order valence-electron chi connectivity index (χ4n) is 1.92. The molecule has 0 fully saturated rings. The molecule has 0 radical (unpaired) electrons. The van der Waals surface area contributed by atoms with E-state index < -0.39 is 9.84 Å². The molecule has 0 aromatic heterocycles. The van der Waals surface area contributed by atoms with Crippen LogP contribution in [-0.4, -0.2) is 43.8 Å². The van der Waals surface area contributed by atoms with Gasteiger partial charge in [-0.15, -0.1) is 0 Å². The van der Waals surface area contributed by atoms with Crippen molar-refractivity contribution in [2.75, 3.05) is 18.6 Å². The fraction of sp³-hybridized carbons (Fsp3) is 0.533. The van der Waals surface area contributed by atoms with Crippen LogP contribution in [0, 0.1) is 5.82 Å². The largest absolute Gasteiger partial charge is 0.342 e. The number of nitrogens with zero attached hydrogens (tertiary/aromatic N) is 1. The predicted octanol–water partition coefficient (Wildman–Crippen LogP) is 2.04. The van der Waals surface area contributed by atoms with Gasteiger partial charge in [0.05, 0.1) is 5.75 Å². The molecular formula is C15H22FNO3S. The van der Waals surface area contributed by atoms with E-state index in [-0.39, 0.29) is 35.7 Å². The van der Waals surface area contributed by atoms with Gasteiger partial charge in [0.25, 0.3) is 0 Å². The molecule has 0 N–H and O–H groups in total. The maximum absolute atomic E-state index is 12.8. The summed E-state index contributed by atoms with van der Waals surface area (Å²) in [5, 5.41) is 0. The molecule has 21 heavy (non-hydrogen) atoms. The Bertz CT molecular complexity index is 569. The first-order valence-electron chi connectivity index (χ1n) is 6.95. The third-order valence-electron chi connectivity index (χ3n) is 3.53. The Balaban J connectivity index is 2.52. The van der Waals surface area contributed by atoms with Crippen LogP contribution in [0.2, 0.25) is 0 Å². The van der Waals surface area contributed by atoms with Crippen LogP contribution in [0.5, 0.6) is 0 Å². The second kappa shape index (κ2) is 7.54. The number of hydrogen-bond acceptors (Lipinski definition) is 3. The van der Waals surface area contributed by atoms with Crippen LogP contribution < -0.4 is 0 Å². The predicted molar refractivity (Wildman–Crippen MR) is 81.3 cm³/mol. The highest BCUT2D eigenvalue weighted by atomic mass is 32.2. The number of aryl methyl sites for hydroxylation is 1. The van der Waals surface area contributed by atoms with E-state index >= 15 is 0 Å². The Morgan fingerprint density at radius 2 is 1.86 bits per heavy atom. The molecule has 6 heteroatoms. The Hall–Kier alpha value is -1.43. The SMILES string of the molecule is CCS(=O)(=O)C[C@H](C)N(C)C(=O)CCc1ccc(F)cc1. The zero-order valence-electron chi connectivity index (χ0n) is 12.7. The van der Waals surface area contributed by atoms with Crippen molar-refractivity contribution < 1.29 is 17.6 Å². The summed E-state index contributed by atoms with van der Waals surface area (Å²) < 4.78 is 35.9. The number of hydrogen-bond donors (Lipinski definition) is 0. The number of carbonyl (C=O) groups is 1. The Morgan fingerprint density at radius 3 is 2.38 bits per heavy atom. The summed E-state index contributed by atoms with van der Waals surface area (Å²) in [5.74, 6) is -0.365. The number of halogens is 1. The van der Waals surface area contributed by atoms with Crippen LogP contribution in [0.3, 0.4) is 0 Å². The number of rotatable bonds is 7. The molecule has 1 aromatic rings. The quantitative estimate of drug-likeness (QED) is 0.774. The van der Waals surface area contributed by atoms with E-state index in [1.165, 1.54) is 17.0 Å². The third-order valence-corrected chi connectivity index (χ3v) is 5.40. The lowest BCUT2D eigenvalue weighted by Crippen LogP contribution is -2.39. The van der Waals surface area contributed by atoms with E-state index in [0.717, 1.165) is 5.56 Å². The monoisotopic (exact) mass is 315 g/mol. The summed E-state index contributed by atoms with van der Waals surface area (Å²) in [5.41, 5.74) is 0.881. The molecule has 1 aromatic carbocycles. The molecule has 1 amide bonds. The number of carbonyl (C=O) groups excluding carboxylic acids is 1. The van der Waals surface area contributed by atoms with E-state index in [0.29, 0.717) is 6.42 Å². The summed E-state index contributed by atoms with van der Waals surface area (Å²) >= 11 is 0. The Labute approximate surface area is 125 Å². The molecule has 0 saturated carbocycles. The van der Waals surface area contributed by atoms with Crippen LogP contribution in [-0.2, 0) is 21.1 Å².